The molecule has 34 heavy (non-hydrogen) atoms. The largest absolute Gasteiger partial charge is 0.353 e. The summed E-state index contributed by atoms with van der Waals surface area (Å²) in [5.74, 6) is -0.258. The van der Waals surface area contributed by atoms with E-state index in [9.17, 15) is 9.59 Å². The van der Waals surface area contributed by atoms with Crippen molar-refractivity contribution in [2.75, 3.05) is 38.1 Å². The fourth-order valence-corrected chi connectivity index (χ4v) is 3.93. The Morgan fingerprint density at radius 3 is 2.15 bits per heavy atom. The minimum absolute atomic E-state index is 0. The molecular formula is C24H34Cl3N5O2. The molecule has 1 aliphatic heterocycles. The SMILES string of the molecule is CC(C)NCCNC(=O)CN(CC(=O)N(C)N1Cc2ccccc2C1)c1ccccc1Cl.Cl.Cl. The topological polar surface area (TPSA) is 67.9 Å². The number of amides is 2. The molecule has 0 radical (unpaired) electrons. The third-order valence-corrected chi connectivity index (χ3v) is 5.78. The van der Waals surface area contributed by atoms with Gasteiger partial charge in [0.1, 0.15) is 0 Å². The summed E-state index contributed by atoms with van der Waals surface area (Å²) < 4.78 is 0. The van der Waals surface area contributed by atoms with Crippen molar-refractivity contribution in [1.82, 2.24) is 20.7 Å². The molecule has 0 bridgehead atoms. The Morgan fingerprint density at radius 1 is 0.971 bits per heavy atom. The zero-order valence-corrected chi connectivity index (χ0v) is 22.2. The summed E-state index contributed by atoms with van der Waals surface area (Å²) in [7, 11) is 1.77. The third-order valence-electron chi connectivity index (χ3n) is 5.46. The van der Waals surface area contributed by atoms with Crippen LogP contribution in [-0.2, 0) is 22.7 Å². The number of nitrogens with zero attached hydrogens (tertiary/aromatic N) is 3. The number of hydrazine groups is 1. The van der Waals surface area contributed by atoms with Crippen LogP contribution in [0.25, 0.3) is 0 Å². The average molecular weight is 531 g/mol. The number of benzene rings is 2. The molecule has 0 atom stereocenters. The third kappa shape index (κ3) is 8.32. The second kappa shape index (κ2) is 14.4. The number of likely N-dealkylation sites (N-methyl/N-ethyl adjacent to an activating group) is 1. The quantitative estimate of drug-likeness (QED) is 0.460. The van der Waals surface area contributed by atoms with Crippen LogP contribution in [-0.4, -0.2) is 61.1 Å². The van der Waals surface area contributed by atoms with E-state index in [2.05, 4.69) is 36.6 Å². The van der Waals surface area contributed by atoms with Crippen LogP contribution in [0.15, 0.2) is 48.5 Å². The number of carbonyl (C=O) groups excluding carboxylic acids is 2. The van der Waals surface area contributed by atoms with Gasteiger partial charge in [-0.05, 0) is 23.3 Å². The number of nitrogens with one attached hydrogen (secondary N) is 2. The van der Waals surface area contributed by atoms with Crippen molar-refractivity contribution in [1.29, 1.82) is 0 Å². The first-order chi connectivity index (χ1) is 15.3. The minimum Gasteiger partial charge on any atom is -0.353 e. The molecule has 2 N–H and O–H groups in total. The highest BCUT2D eigenvalue weighted by Crippen LogP contribution is 2.26. The number of carbonyl (C=O) groups is 2. The molecule has 0 aliphatic carbocycles. The summed E-state index contributed by atoms with van der Waals surface area (Å²) in [4.78, 5) is 27.5. The van der Waals surface area contributed by atoms with Crippen LogP contribution in [0.3, 0.4) is 0 Å². The van der Waals surface area contributed by atoms with Crippen molar-refractivity contribution < 1.29 is 9.59 Å². The van der Waals surface area contributed by atoms with E-state index in [0.717, 1.165) is 0 Å². The molecule has 10 heteroatoms. The first kappa shape index (κ1) is 30.0. The monoisotopic (exact) mass is 529 g/mol. The summed E-state index contributed by atoms with van der Waals surface area (Å²) >= 11 is 6.40. The minimum atomic E-state index is -0.153. The van der Waals surface area contributed by atoms with Gasteiger partial charge in [0, 0.05) is 39.3 Å². The number of para-hydroxylation sites is 1. The van der Waals surface area contributed by atoms with E-state index < -0.39 is 0 Å². The predicted octanol–water partition coefficient (Wildman–Crippen LogP) is 3.49. The first-order valence-corrected chi connectivity index (χ1v) is 11.3. The van der Waals surface area contributed by atoms with E-state index in [0.29, 0.717) is 42.9 Å². The molecule has 0 fully saturated rings. The van der Waals surface area contributed by atoms with Gasteiger partial charge in [-0.25, -0.2) is 5.01 Å². The molecule has 188 valence electrons. The lowest BCUT2D eigenvalue weighted by atomic mass is 10.1. The van der Waals surface area contributed by atoms with E-state index >= 15 is 0 Å². The van der Waals surface area contributed by atoms with Gasteiger partial charge in [0.05, 0.1) is 23.8 Å². The van der Waals surface area contributed by atoms with Gasteiger partial charge in [-0.15, -0.1) is 24.8 Å². The average Bonchev–Trinajstić information content (AvgIpc) is 3.20. The Balaban J connectivity index is 0.00000289. The Bertz CT molecular complexity index is 919. The first-order valence-electron chi connectivity index (χ1n) is 10.9. The number of rotatable bonds is 10. The van der Waals surface area contributed by atoms with Crippen LogP contribution < -0.4 is 15.5 Å². The summed E-state index contributed by atoms with van der Waals surface area (Å²) in [5.41, 5.74) is 3.12. The molecular weight excluding hydrogens is 497 g/mol. The summed E-state index contributed by atoms with van der Waals surface area (Å²) in [6.45, 7) is 6.79. The van der Waals surface area contributed by atoms with Crippen LogP contribution >= 0.6 is 36.4 Å². The van der Waals surface area contributed by atoms with Crippen LogP contribution in [0.4, 0.5) is 5.69 Å². The van der Waals surface area contributed by atoms with E-state index in [1.54, 1.807) is 23.0 Å². The molecule has 1 heterocycles. The second-order valence-electron chi connectivity index (χ2n) is 8.27. The van der Waals surface area contributed by atoms with Crippen molar-refractivity contribution in [2.24, 2.45) is 0 Å². The molecule has 2 aromatic rings. The van der Waals surface area contributed by atoms with Gasteiger partial charge in [0.15, 0.2) is 0 Å². The normalized spacial score (nSPS) is 12.4. The van der Waals surface area contributed by atoms with E-state index in [1.165, 1.54) is 11.1 Å². The molecule has 1 aliphatic rings. The van der Waals surface area contributed by atoms with Gasteiger partial charge in [-0.3, -0.25) is 14.6 Å². The maximum Gasteiger partial charge on any atom is 0.256 e. The fraction of sp³-hybridized carbons (Fsp3) is 0.417. The molecule has 0 saturated heterocycles. The van der Waals surface area contributed by atoms with Crippen LogP contribution in [0.1, 0.15) is 25.0 Å². The fourth-order valence-electron chi connectivity index (χ4n) is 3.68. The van der Waals surface area contributed by atoms with Crippen molar-refractivity contribution in [3.63, 3.8) is 0 Å². The Kier molecular flexibility index (Phi) is 12.7. The van der Waals surface area contributed by atoms with Gasteiger partial charge in [0.25, 0.3) is 5.91 Å². The Hall–Kier alpha value is -2.03. The van der Waals surface area contributed by atoms with Gasteiger partial charge in [-0.1, -0.05) is 61.8 Å². The molecule has 3 rings (SSSR count). The van der Waals surface area contributed by atoms with Gasteiger partial charge < -0.3 is 15.5 Å². The lowest BCUT2D eigenvalue weighted by Gasteiger charge is -2.31. The van der Waals surface area contributed by atoms with Crippen molar-refractivity contribution in [3.8, 4) is 0 Å². The molecule has 2 aromatic carbocycles. The zero-order valence-electron chi connectivity index (χ0n) is 19.8. The summed E-state index contributed by atoms with van der Waals surface area (Å²) in [6, 6.07) is 15.8. The lowest BCUT2D eigenvalue weighted by molar-refractivity contribution is -0.145. The standard InChI is InChI=1S/C24H32ClN5O2.2ClH/c1-18(2)26-12-13-27-23(31)16-29(22-11-7-6-10-21(22)25)17-24(32)28(3)30-14-19-8-4-5-9-20(19)15-30;;/h4-11,18,26H,12-17H2,1-3H3,(H,27,31);2*1H. The number of hydrogen-bond donors (Lipinski definition) is 2. The Morgan fingerprint density at radius 2 is 1.56 bits per heavy atom. The van der Waals surface area contributed by atoms with Crippen LogP contribution in [0.2, 0.25) is 5.02 Å². The van der Waals surface area contributed by atoms with Gasteiger partial charge >= 0.3 is 0 Å². The van der Waals surface area contributed by atoms with Crippen molar-refractivity contribution >= 4 is 53.9 Å². The van der Waals surface area contributed by atoms with Gasteiger partial charge in [-0.2, -0.15) is 0 Å². The number of hydrogen-bond acceptors (Lipinski definition) is 5. The number of anilines is 1. The summed E-state index contributed by atoms with van der Waals surface area (Å²) in [5, 5.41) is 10.3. The molecule has 0 aromatic heterocycles. The van der Waals surface area contributed by atoms with Crippen molar-refractivity contribution in [3.05, 3.63) is 64.7 Å². The van der Waals surface area contributed by atoms with Crippen LogP contribution in [0, 0.1) is 0 Å². The molecule has 0 spiro atoms. The molecule has 2 amide bonds. The van der Waals surface area contributed by atoms with Crippen molar-refractivity contribution in [2.45, 2.75) is 33.0 Å². The van der Waals surface area contributed by atoms with E-state index in [-0.39, 0.29) is 49.7 Å². The van der Waals surface area contributed by atoms with E-state index in [4.69, 9.17) is 11.6 Å². The number of halogens is 3. The smallest absolute Gasteiger partial charge is 0.256 e. The zero-order chi connectivity index (χ0) is 23.1. The van der Waals surface area contributed by atoms with Gasteiger partial charge in [0.2, 0.25) is 5.91 Å². The highest BCUT2D eigenvalue weighted by Gasteiger charge is 2.27. The predicted molar refractivity (Wildman–Crippen MR) is 143 cm³/mol. The molecule has 0 saturated carbocycles. The highest BCUT2D eigenvalue weighted by molar-refractivity contribution is 6.33. The van der Waals surface area contributed by atoms with E-state index in [1.807, 2.05) is 35.3 Å². The molecule has 7 nitrogen and oxygen atoms in total. The number of fused-ring (bicyclic) bond motifs is 1. The second-order valence-corrected chi connectivity index (χ2v) is 8.68. The maximum atomic E-state index is 13.2. The lowest BCUT2D eigenvalue weighted by Crippen LogP contribution is -2.48. The van der Waals surface area contributed by atoms with Crippen LogP contribution in [0.5, 0.6) is 0 Å². The Labute approximate surface area is 219 Å². The highest BCUT2D eigenvalue weighted by atomic mass is 35.5. The summed E-state index contributed by atoms with van der Waals surface area (Å²) in [6.07, 6.45) is 0. The maximum absolute atomic E-state index is 13.2. The molecule has 0 unspecified atom stereocenters.